The molecule has 14 heavy (non-hydrogen) atoms. The Morgan fingerprint density at radius 1 is 1.43 bits per heavy atom. The van der Waals surface area contributed by atoms with Gasteiger partial charge in [-0.05, 0) is 25.0 Å². The van der Waals surface area contributed by atoms with E-state index in [0.717, 1.165) is 5.56 Å². The molecular weight excluding hydrogens is 202 g/mol. The largest absolute Gasteiger partial charge is 0.508 e. The lowest BCUT2D eigenvalue weighted by Gasteiger charge is -2.12. The first kappa shape index (κ1) is 13.2. The molecule has 3 nitrogen and oxygen atoms in total. The van der Waals surface area contributed by atoms with Crippen molar-refractivity contribution in [1.29, 1.82) is 0 Å². The number of aromatic hydroxyl groups is 1. The van der Waals surface area contributed by atoms with Gasteiger partial charge in [0.05, 0.1) is 0 Å². The van der Waals surface area contributed by atoms with Crippen LogP contribution in [0.1, 0.15) is 23.6 Å². The molecule has 0 aliphatic heterocycles. The van der Waals surface area contributed by atoms with E-state index in [9.17, 15) is 5.11 Å². The number of rotatable bonds is 3. The van der Waals surface area contributed by atoms with Gasteiger partial charge in [0, 0.05) is 18.2 Å². The smallest absolute Gasteiger partial charge is 0.120 e. The van der Waals surface area contributed by atoms with E-state index in [0.29, 0.717) is 12.0 Å². The second kappa shape index (κ2) is 5.86. The van der Waals surface area contributed by atoms with Gasteiger partial charge in [0.2, 0.25) is 0 Å². The third-order valence-electron chi connectivity index (χ3n) is 2.03. The van der Waals surface area contributed by atoms with Crippen molar-refractivity contribution in [3.8, 4) is 5.75 Å². The third-order valence-corrected chi connectivity index (χ3v) is 2.03. The Hall–Kier alpha value is -0.770. The van der Waals surface area contributed by atoms with Crippen molar-refractivity contribution in [2.75, 3.05) is 6.61 Å². The molecule has 0 fully saturated rings. The van der Waals surface area contributed by atoms with Crippen LogP contribution >= 0.6 is 12.4 Å². The van der Waals surface area contributed by atoms with E-state index in [1.165, 1.54) is 0 Å². The molecule has 0 bridgehead atoms. The minimum atomic E-state index is -0.286. The molecule has 80 valence electrons. The summed E-state index contributed by atoms with van der Waals surface area (Å²) >= 11 is 0. The fourth-order valence-electron chi connectivity index (χ4n) is 1.26. The SMILES string of the molecule is Cc1ccc(C(N)CCO)c(O)c1.Cl. The third kappa shape index (κ3) is 3.18. The second-order valence-electron chi connectivity index (χ2n) is 3.18. The van der Waals surface area contributed by atoms with Crippen LogP contribution < -0.4 is 5.73 Å². The van der Waals surface area contributed by atoms with E-state index in [-0.39, 0.29) is 30.8 Å². The zero-order valence-electron chi connectivity index (χ0n) is 8.10. The lowest BCUT2D eigenvalue weighted by atomic mass is 10.0. The van der Waals surface area contributed by atoms with Crippen LogP contribution in [-0.4, -0.2) is 16.8 Å². The van der Waals surface area contributed by atoms with Crippen LogP contribution in [0.25, 0.3) is 0 Å². The van der Waals surface area contributed by atoms with E-state index in [2.05, 4.69) is 0 Å². The molecule has 0 amide bonds. The number of nitrogens with two attached hydrogens (primary N) is 1. The van der Waals surface area contributed by atoms with Crippen molar-refractivity contribution in [1.82, 2.24) is 0 Å². The Kier molecular flexibility index (Phi) is 5.53. The minimum absolute atomic E-state index is 0. The summed E-state index contributed by atoms with van der Waals surface area (Å²) in [6.45, 7) is 1.94. The average Bonchev–Trinajstić information content (AvgIpc) is 2.04. The highest BCUT2D eigenvalue weighted by molar-refractivity contribution is 5.85. The molecule has 1 unspecified atom stereocenters. The van der Waals surface area contributed by atoms with Gasteiger partial charge < -0.3 is 15.9 Å². The van der Waals surface area contributed by atoms with Gasteiger partial charge in [-0.15, -0.1) is 12.4 Å². The standard InChI is InChI=1S/C10H15NO2.ClH/c1-7-2-3-8(10(13)6-7)9(11)4-5-12;/h2-3,6,9,12-13H,4-5,11H2,1H3;1H. The van der Waals surface area contributed by atoms with Crippen molar-refractivity contribution >= 4 is 12.4 Å². The molecule has 0 spiro atoms. The van der Waals surface area contributed by atoms with Gasteiger partial charge >= 0.3 is 0 Å². The lowest BCUT2D eigenvalue weighted by Crippen LogP contribution is -2.12. The first-order valence-electron chi connectivity index (χ1n) is 4.31. The lowest BCUT2D eigenvalue weighted by molar-refractivity contribution is 0.275. The van der Waals surface area contributed by atoms with Gasteiger partial charge in [0.1, 0.15) is 5.75 Å². The summed E-state index contributed by atoms with van der Waals surface area (Å²) in [6.07, 6.45) is 0.469. The Labute approximate surface area is 90.0 Å². The normalized spacial score (nSPS) is 11.9. The summed E-state index contributed by atoms with van der Waals surface area (Å²) in [6, 6.07) is 5.08. The van der Waals surface area contributed by atoms with Crippen molar-refractivity contribution in [2.45, 2.75) is 19.4 Å². The highest BCUT2D eigenvalue weighted by Crippen LogP contribution is 2.25. The number of phenolic OH excluding ortho intramolecular Hbond substituents is 1. The first-order valence-corrected chi connectivity index (χ1v) is 4.31. The second-order valence-corrected chi connectivity index (χ2v) is 3.18. The van der Waals surface area contributed by atoms with E-state index < -0.39 is 0 Å². The van der Waals surface area contributed by atoms with E-state index >= 15 is 0 Å². The molecule has 1 rings (SSSR count). The van der Waals surface area contributed by atoms with E-state index in [4.69, 9.17) is 10.8 Å². The van der Waals surface area contributed by atoms with Crippen molar-refractivity contribution in [2.24, 2.45) is 5.73 Å². The van der Waals surface area contributed by atoms with Crippen LogP contribution in [-0.2, 0) is 0 Å². The number of hydrogen-bond donors (Lipinski definition) is 3. The molecule has 1 atom stereocenters. The topological polar surface area (TPSA) is 66.5 Å². The molecule has 4 heteroatoms. The molecule has 0 aliphatic carbocycles. The molecule has 0 aliphatic rings. The predicted molar refractivity (Wildman–Crippen MR) is 58.7 cm³/mol. The van der Waals surface area contributed by atoms with Crippen LogP contribution in [0.3, 0.4) is 0 Å². The summed E-state index contributed by atoms with van der Waals surface area (Å²) in [5, 5.41) is 18.2. The number of aryl methyl sites for hydroxylation is 1. The fraction of sp³-hybridized carbons (Fsp3) is 0.400. The highest BCUT2D eigenvalue weighted by Gasteiger charge is 2.09. The zero-order chi connectivity index (χ0) is 9.84. The number of benzene rings is 1. The maximum atomic E-state index is 9.53. The monoisotopic (exact) mass is 217 g/mol. The molecule has 1 aromatic rings. The molecule has 0 saturated heterocycles. The van der Waals surface area contributed by atoms with Crippen molar-refractivity contribution in [3.63, 3.8) is 0 Å². The van der Waals surface area contributed by atoms with Gasteiger partial charge in [-0.2, -0.15) is 0 Å². The number of hydrogen-bond acceptors (Lipinski definition) is 3. The van der Waals surface area contributed by atoms with Crippen molar-refractivity contribution < 1.29 is 10.2 Å². The molecule has 0 heterocycles. The number of aliphatic hydroxyl groups is 1. The summed E-state index contributed by atoms with van der Waals surface area (Å²) in [5.41, 5.74) is 7.43. The molecular formula is C10H16ClNO2. The summed E-state index contributed by atoms with van der Waals surface area (Å²) < 4.78 is 0. The van der Waals surface area contributed by atoms with E-state index in [1.54, 1.807) is 12.1 Å². The van der Waals surface area contributed by atoms with Crippen LogP contribution in [0, 0.1) is 6.92 Å². The van der Waals surface area contributed by atoms with Gasteiger partial charge in [-0.1, -0.05) is 12.1 Å². The molecule has 1 aromatic carbocycles. The van der Waals surface area contributed by atoms with Crippen molar-refractivity contribution in [3.05, 3.63) is 29.3 Å². The maximum absolute atomic E-state index is 9.53. The molecule has 0 saturated carbocycles. The highest BCUT2D eigenvalue weighted by atomic mass is 35.5. The number of phenols is 1. The van der Waals surface area contributed by atoms with Crippen LogP contribution in [0.15, 0.2) is 18.2 Å². The minimum Gasteiger partial charge on any atom is -0.508 e. The predicted octanol–water partition coefficient (Wildman–Crippen LogP) is 1.50. The Morgan fingerprint density at radius 2 is 2.07 bits per heavy atom. The van der Waals surface area contributed by atoms with Crippen LogP contribution in [0.5, 0.6) is 5.75 Å². The van der Waals surface area contributed by atoms with Crippen LogP contribution in [0.2, 0.25) is 0 Å². The Balaban J connectivity index is 0.00000169. The van der Waals surface area contributed by atoms with Crippen LogP contribution in [0.4, 0.5) is 0 Å². The number of halogens is 1. The zero-order valence-corrected chi connectivity index (χ0v) is 8.92. The fourth-order valence-corrected chi connectivity index (χ4v) is 1.26. The quantitative estimate of drug-likeness (QED) is 0.719. The van der Waals surface area contributed by atoms with Gasteiger partial charge in [-0.25, -0.2) is 0 Å². The van der Waals surface area contributed by atoms with Gasteiger partial charge in [0.25, 0.3) is 0 Å². The maximum Gasteiger partial charge on any atom is 0.120 e. The number of aliphatic hydroxyl groups excluding tert-OH is 1. The summed E-state index contributed by atoms with van der Waals surface area (Å²) in [5.74, 6) is 0.209. The average molecular weight is 218 g/mol. The summed E-state index contributed by atoms with van der Waals surface area (Å²) in [4.78, 5) is 0. The van der Waals surface area contributed by atoms with Gasteiger partial charge in [0.15, 0.2) is 0 Å². The summed E-state index contributed by atoms with van der Waals surface area (Å²) in [7, 11) is 0. The van der Waals surface area contributed by atoms with Gasteiger partial charge in [-0.3, -0.25) is 0 Å². The first-order chi connectivity index (χ1) is 6.15. The Morgan fingerprint density at radius 3 is 2.57 bits per heavy atom. The molecule has 0 aromatic heterocycles. The Bertz CT molecular complexity index is 291. The molecule has 4 N–H and O–H groups in total. The van der Waals surface area contributed by atoms with E-state index in [1.807, 2.05) is 13.0 Å². The molecule has 0 radical (unpaired) electrons.